The monoisotopic (exact) mass is 640 g/mol. The summed E-state index contributed by atoms with van der Waals surface area (Å²) in [6.07, 6.45) is 0.499. The molecule has 1 aliphatic heterocycles. The van der Waals surface area contributed by atoms with Gasteiger partial charge in [-0.2, -0.15) is 8.42 Å². The van der Waals surface area contributed by atoms with E-state index in [1.54, 1.807) is 0 Å². The van der Waals surface area contributed by atoms with E-state index in [0.717, 1.165) is 22.5 Å². The van der Waals surface area contributed by atoms with Crippen LogP contribution in [0, 0.1) is 15.9 Å². The lowest BCUT2D eigenvalue weighted by Gasteiger charge is -2.10. The number of nitro benzene ring substituents is 1. The Hall–Kier alpha value is -4.62. The van der Waals surface area contributed by atoms with Gasteiger partial charge in [0.05, 0.1) is 9.40 Å². The molecule has 1 aromatic heterocycles. The van der Waals surface area contributed by atoms with Crippen molar-refractivity contribution in [1.82, 2.24) is 14.6 Å². The maximum absolute atomic E-state index is 13.7. The van der Waals surface area contributed by atoms with E-state index in [1.165, 1.54) is 30.5 Å². The van der Waals surface area contributed by atoms with E-state index in [0.29, 0.717) is 17.7 Å². The predicted molar refractivity (Wildman–Crippen MR) is 140 cm³/mol. The molecule has 0 saturated carbocycles. The lowest BCUT2D eigenvalue weighted by Crippen LogP contribution is -2.30. The number of nitrogens with one attached hydrogen (secondary N) is 2. The minimum Gasteiger partial charge on any atom is -0.393 e. The molecule has 0 unspecified atom stereocenters. The van der Waals surface area contributed by atoms with Crippen molar-refractivity contribution in [3.05, 3.63) is 80.3 Å². The van der Waals surface area contributed by atoms with Crippen molar-refractivity contribution >= 4 is 55.3 Å². The van der Waals surface area contributed by atoms with E-state index in [1.807, 2.05) is 0 Å². The van der Waals surface area contributed by atoms with Crippen LogP contribution in [0.15, 0.2) is 68.5 Å². The fourth-order valence-electron chi connectivity index (χ4n) is 3.25. The molecule has 0 radical (unpaired) electrons. The number of nitro groups is 1. The number of nitrogens with two attached hydrogens (primary N) is 1. The van der Waals surface area contributed by atoms with E-state index < -0.39 is 27.1 Å². The molecule has 2 heterocycles. The standard InChI is InChI=1S/C21H18BrFN8O8S/c22-16-9-13(1-6-17(16)23)26-20(28-38-21(32)37-15-4-2-14(3-5-15)31(33)34)18-19(29-39-27-18)25-10-12-7-8-30(11-12)40(24,35)36/h1-6,9,11H,7-8,10H2,(H,25,29)(H,26,28)(H2,24,35,36). The number of ether oxygens (including phenoxy) is 1. The van der Waals surface area contributed by atoms with Gasteiger partial charge in [0.15, 0.2) is 5.69 Å². The average Bonchev–Trinajstić information content (AvgIpc) is 3.57. The quantitative estimate of drug-likeness (QED) is 0.0584. The fraction of sp³-hybridized carbons (Fsp3) is 0.143. The first-order chi connectivity index (χ1) is 19.0. The van der Waals surface area contributed by atoms with E-state index >= 15 is 0 Å². The summed E-state index contributed by atoms with van der Waals surface area (Å²) in [6, 6.07) is 8.56. The number of anilines is 2. The number of benzene rings is 2. The number of nitrogens with zero attached hydrogens (tertiary/aromatic N) is 5. The maximum Gasteiger partial charge on any atom is 0.540 e. The molecule has 0 saturated heterocycles. The Morgan fingerprint density at radius 3 is 2.67 bits per heavy atom. The van der Waals surface area contributed by atoms with Crippen LogP contribution in [0.3, 0.4) is 0 Å². The Morgan fingerprint density at radius 2 is 2.02 bits per heavy atom. The number of oxime groups is 1. The second-order valence-electron chi connectivity index (χ2n) is 7.90. The van der Waals surface area contributed by atoms with Crippen LogP contribution in [-0.4, -0.2) is 53.0 Å². The smallest absolute Gasteiger partial charge is 0.393 e. The molecular formula is C21H18BrFN8O8S. The van der Waals surface area contributed by atoms with Crippen LogP contribution in [0.1, 0.15) is 12.1 Å². The zero-order valence-electron chi connectivity index (χ0n) is 20.0. The first kappa shape index (κ1) is 28.4. The number of carbonyl (C=O) groups excluding carboxylic acids is 1. The molecule has 16 nitrogen and oxygen atoms in total. The molecule has 0 aliphatic carbocycles. The number of rotatable bonds is 9. The van der Waals surface area contributed by atoms with Gasteiger partial charge >= 0.3 is 6.16 Å². The number of carbonyl (C=O) groups is 1. The van der Waals surface area contributed by atoms with Crippen molar-refractivity contribution in [2.45, 2.75) is 6.42 Å². The van der Waals surface area contributed by atoms with Crippen molar-refractivity contribution < 1.29 is 36.7 Å². The summed E-state index contributed by atoms with van der Waals surface area (Å²) in [7, 11) is -3.88. The fourth-order valence-corrected chi connectivity index (χ4v) is 4.27. The molecule has 40 heavy (non-hydrogen) atoms. The predicted octanol–water partition coefficient (Wildman–Crippen LogP) is 3.07. The third-order valence-corrected chi connectivity index (χ3v) is 6.69. The summed E-state index contributed by atoms with van der Waals surface area (Å²) < 4.78 is 47.7. The molecule has 1 aliphatic rings. The van der Waals surface area contributed by atoms with E-state index in [4.69, 9.17) is 19.3 Å². The number of halogens is 2. The number of non-ortho nitro benzene ring substituents is 1. The molecule has 0 bridgehead atoms. The zero-order chi connectivity index (χ0) is 28.9. The summed E-state index contributed by atoms with van der Waals surface area (Å²) in [6.45, 7) is 0.309. The minimum absolute atomic E-state index is 0.0368. The van der Waals surface area contributed by atoms with Gasteiger partial charge in [0.1, 0.15) is 11.6 Å². The molecule has 4 rings (SSSR count). The Labute approximate surface area is 233 Å². The van der Waals surface area contributed by atoms with Crippen LogP contribution in [-0.2, 0) is 15.0 Å². The van der Waals surface area contributed by atoms with Gasteiger partial charge in [-0.3, -0.25) is 19.3 Å². The Morgan fingerprint density at radius 1 is 1.27 bits per heavy atom. The van der Waals surface area contributed by atoms with E-state index in [9.17, 15) is 27.7 Å². The highest BCUT2D eigenvalue weighted by Crippen LogP contribution is 2.23. The molecule has 210 valence electrons. The summed E-state index contributed by atoms with van der Waals surface area (Å²) in [4.78, 5) is 27.2. The van der Waals surface area contributed by atoms with Crippen LogP contribution in [0.25, 0.3) is 0 Å². The van der Waals surface area contributed by atoms with Gasteiger partial charge in [-0.05, 0) is 68.6 Å². The minimum atomic E-state index is -3.88. The summed E-state index contributed by atoms with van der Waals surface area (Å²) >= 11 is 3.07. The Kier molecular flexibility index (Phi) is 8.55. The van der Waals surface area contributed by atoms with Gasteiger partial charge in [0.25, 0.3) is 15.9 Å². The van der Waals surface area contributed by atoms with Crippen molar-refractivity contribution in [3.8, 4) is 5.75 Å². The van der Waals surface area contributed by atoms with Crippen molar-refractivity contribution in [1.29, 1.82) is 0 Å². The number of amidine groups is 1. The third kappa shape index (κ3) is 7.27. The van der Waals surface area contributed by atoms with E-state index in [-0.39, 0.29) is 46.3 Å². The molecule has 0 spiro atoms. The van der Waals surface area contributed by atoms with Crippen LogP contribution in [0.2, 0.25) is 0 Å². The SMILES string of the molecule is NS(=O)(=O)N1C=C(CNc2nonc2/C(=N/OC(=O)Oc2ccc([N+](=O)[O-])cc2)Nc2ccc(F)c(Br)c2)CC1. The average molecular weight is 641 g/mol. The molecule has 19 heteroatoms. The topological polar surface area (TPSA) is 217 Å². The molecule has 3 aromatic rings. The van der Waals surface area contributed by atoms with Gasteiger partial charge in [0.2, 0.25) is 11.7 Å². The first-order valence-electron chi connectivity index (χ1n) is 11.0. The third-order valence-electron chi connectivity index (χ3n) is 5.14. The largest absolute Gasteiger partial charge is 0.540 e. The normalized spacial score (nSPS) is 13.5. The van der Waals surface area contributed by atoms with Crippen molar-refractivity contribution in [3.63, 3.8) is 0 Å². The molecular weight excluding hydrogens is 623 g/mol. The Balaban J connectivity index is 1.53. The molecule has 0 atom stereocenters. The second-order valence-corrected chi connectivity index (χ2v) is 10.2. The van der Waals surface area contributed by atoms with Gasteiger partial charge < -0.3 is 15.4 Å². The lowest BCUT2D eigenvalue weighted by atomic mass is 10.2. The highest BCUT2D eigenvalue weighted by Gasteiger charge is 2.23. The summed E-state index contributed by atoms with van der Waals surface area (Å²) in [5, 5.41) is 32.9. The summed E-state index contributed by atoms with van der Waals surface area (Å²) in [5.74, 6) is -0.758. The van der Waals surface area contributed by atoms with Gasteiger partial charge in [-0.1, -0.05) is 5.16 Å². The highest BCUT2D eigenvalue weighted by atomic mass is 79.9. The van der Waals surface area contributed by atoms with Crippen LogP contribution >= 0.6 is 15.9 Å². The van der Waals surface area contributed by atoms with Gasteiger partial charge in [0, 0.05) is 37.1 Å². The molecule has 0 amide bonds. The molecule has 0 fully saturated rings. The number of hydrogen-bond donors (Lipinski definition) is 3. The van der Waals surface area contributed by atoms with Crippen LogP contribution < -0.4 is 20.5 Å². The molecule has 2 aromatic carbocycles. The van der Waals surface area contributed by atoms with Gasteiger partial charge in [-0.25, -0.2) is 19.0 Å². The lowest BCUT2D eigenvalue weighted by molar-refractivity contribution is -0.384. The second kappa shape index (κ2) is 12.1. The van der Waals surface area contributed by atoms with Gasteiger partial charge in [-0.15, -0.1) is 0 Å². The Bertz CT molecular complexity index is 1600. The van der Waals surface area contributed by atoms with Crippen LogP contribution in [0.4, 0.5) is 26.4 Å². The van der Waals surface area contributed by atoms with Crippen molar-refractivity contribution in [2.24, 2.45) is 10.3 Å². The van der Waals surface area contributed by atoms with Crippen molar-refractivity contribution in [2.75, 3.05) is 23.7 Å². The molecule has 4 N–H and O–H groups in total. The number of hydrogen-bond acceptors (Lipinski definition) is 12. The summed E-state index contributed by atoms with van der Waals surface area (Å²) in [5.41, 5.74) is 0.709. The van der Waals surface area contributed by atoms with E-state index in [2.05, 4.69) is 42.0 Å². The first-order valence-corrected chi connectivity index (χ1v) is 13.3. The maximum atomic E-state index is 13.7. The zero-order valence-corrected chi connectivity index (χ0v) is 22.4. The highest BCUT2D eigenvalue weighted by molar-refractivity contribution is 9.10. The number of aromatic nitrogens is 2. The van der Waals surface area contributed by atoms with Crippen LogP contribution in [0.5, 0.6) is 5.75 Å².